The Labute approximate surface area is 82.2 Å². The number of pyridine rings is 1. The van der Waals surface area contributed by atoms with Gasteiger partial charge in [-0.1, -0.05) is 6.07 Å². The van der Waals surface area contributed by atoms with Gasteiger partial charge in [-0.15, -0.1) is 0 Å². The van der Waals surface area contributed by atoms with E-state index in [4.69, 9.17) is 0 Å². The number of hydrogen-bond donors (Lipinski definition) is 2. The molecule has 0 aliphatic rings. The summed E-state index contributed by atoms with van der Waals surface area (Å²) in [6.07, 6.45) is 0. The van der Waals surface area contributed by atoms with Gasteiger partial charge in [-0.3, -0.25) is 4.79 Å². The minimum absolute atomic E-state index is 0.112. The maximum atomic E-state index is 11.5. The smallest absolute Gasteiger partial charge is 0.256 e. The molecule has 0 atom stereocenters. The number of H-pyrrole nitrogens is 1. The lowest BCUT2D eigenvalue weighted by Gasteiger charge is -2.08. The van der Waals surface area contributed by atoms with E-state index >= 15 is 0 Å². The summed E-state index contributed by atoms with van der Waals surface area (Å²) in [7, 11) is -3.59. The Morgan fingerprint density at radius 2 is 2.00 bits per heavy atom. The standard InChI is InChI=1S/C8H12N2O3S/c1-6(2)10-14(12,13)8-5-3-4-7(11)9-8/h3-6,10H,1-2H3,(H,9,11). The van der Waals surface area contributed by atoms with Crippen LogP contribution in [0.25, 0.3) is 0 Å². The summed E-state index contributed by atoms with van der Waals surface area (Å²) in [4.78, 5) is 13.1. The maximum absolute atomic E-state index is 11.5. The van der Waals surface area contributed by atoms with Gasteiger partial charge < -0.3 is 4.98 Å². The number of aromatic nitrogens is 1. The third-order valence-electron chi connectivity index (χ3n) is 1.42. The fourth-order valence-electron chi connectivity index (χ4n) is 0.958. The Kier molecular flexibility index (Phi) is 3.07. The Balaban J connectivity index is 3.11. The SMILES string of the molecule is CC(C)NS(=O)(=O)c1cccc(=O)[nH]1. The van der Waals surface area contributed by atoms with E-state index in [1.807, 2.05) is 0 Å². The van der Waals surface area contributed by atoms with Crippen LogP contribution in [-0.2, 0) is 10.0 Å². The Bertz CT molecular complexity index is 461. The molecule has 0 aromatic carbocycles. The van der Waals surface area contributed by atoms with E-state index in [-0.39, 0.29) is 11.1 Å². The topological polar surface area (TPSA) is 79.0 Å². The van der Waals surface area contributed by atoms with Crippen molar-refractivity contribution in [1.29, 1.82) is 0 Å². The van der Waals surface area contributed by atoms with Crippen LogP contribution in [-0.4, -0.2) is 19.4 Å². The van der Waals surface area contributed by atoms with Gasteiger partial charge in [-0.2, -0.15) is 0 Å². The van der Waals surface area contributed by atoms with Crippen LogP contribution in [0.5, 0.6) is 0 Å². The van der Waals surface area contributed by atoms with Gasteiger partial charge >= 0.3 is 0 Å². The molecular weight excluding hydrogens is 204 g/mol. The monoisotopic (exact) mass is 216 g/mol. The average Bonchev–Trinajstić information content (AvgIpc) is 2.01. The molecule has 0 radical (unpaired) electrons. The molecule has 0 aliphatic heterocycles. The van der Waals surface area contributed by atoms with E-state index in [1.54, 1.807) is 13.8 Å². The van der Waals surface area contributed by atoms with Crippen molar-refractivity contribution < 1.29 is 8.42 Å². The van der Waals surface area contributed by atoms with E-state index in [1.165, 1.54) is 18.2 Å². The first-order valence-electron chi connectivity index (χ1n) is 4.13. The number of hydrogen-bond acceptors (Lipinski definition) is 3. The van der Waals surface area contributed by atoms with Gasteiger partial charge in [0.15, 0.2) is 5.03 Å². The zero-order valence-corrected chi connectivity index (χ0v) is 8.76. The first-order chi connectivity index (χ1) is 6.42. The van der Waals surface area contributed by atoms with Gasteiger partial charge in [-0.25, -0.2) is 13.1 Å². The Hall–Kier alpha value is -1.14. The van der Waals surface area contributed by atoms with Crippen molar-refractivity contribution in [3.05, 3.63) is 28.6 Å². The third kappa shape index (κ3) is 2.68. The molecule has 5 nitrogen and oxygen atoms in total. The van der Waals surface area contributed by atoms with Crippen molar-refractivity contribution in [3.63, 3.8) is 0 Å². The van der Waals surface area contributed by atoms with Crippen LogP contribution in [0.15, 0.2) is 28.0 Å². The predicted molar refractivity (Wildman–Crippen MR) is 52.5 cm³/mol. The average molecular weight is 216 g/mol. The molecule has 0 unspecified atom stereocenters. The number of aromatic amines is 1. The molecule has 1 heterocycles. The number of nitrogens with one attached hydrogen (secondary N) is 2. The van der Waals surface area contributed by atoms with Gasteiger partial charge in [0.1, 0.15) is 0 Å². The van der Waals surface area contributed by atoms with Crippen LogP contribution >= 0.6 is 0 Å². The van der Waals surface area contributed by atoms with Crippen LogP contribution in [0, 0.1) is 0 Å². The van der Waals surface area contributed by atoms with Gasteiger partial charge in [0.2, 0.25) is 5.56 Å². The number of sulfonamides is 1. The van der Waals surface area contributed by atoms with Gasteiger partial charge in [0.25, 0.3) is 10.0 Å². The van der Waals surface area contributed by atoms with Gasteiger partial charge in [0.05, 0.1) is 0 Å². The molecule has 1 rings (SSSR count). The van der Waals surface area contributed by atoms with E-state index in [2.05, 4.69) is 9.71 Å². The highest BCUT2D eigenvalue weighted by Gasteiger charge is 2.15. The minimum Gasteiger partial charge on any atom is -0.312 e. The molecule has 0 amide bonds. The summed E-state index contributed by atoms with van der Waals surface area (Å²) in [6.45, 7) is 3.41. The quantitative estimate of drug-likeness (QED) is 0.750. The first-order valence-corrected chi connectivity index (χ1v) is 5.62. The molecule has 0 saturated heterocycles. The molecule has 0 fully saturated rings. The second-order valence-corrected chi connectivity index (χ2v) is 4.84. The van der Waals surface area contributed by atoms with E-state index in [0.29, 0.717) is 0 Å². The zero-order chi connectivity index (χ0) is 10.8. The molecular formula is C8H12N2O3S. The third-order valence-corrected chi connectivity index (χ3v) is 3.02. The second-order valence-electron chi connectivity index (χ2n) is 3.16. The lowest BCUT2D eigenvalue weighted by molar-refractivity contribution is 0.565. The van der Waals surface area contributed by atoms with Crippen molar-refractivity contribution in [1.82, 2.24) is 9.71 Å². The second kappa shape index (κ2) is 3.93. The lowest BCUT2D eigenvalue weighted by atomic mass is 10.4. The molecule has 0 spiro atoms. The first kappa shape index (κ1) is 10.9. The molecule has 0 aliphatic carbocycles. The lowest BCUT2D eigenvalue weighted by Crippen LogP contribution is -2.31. The summed E-state index contributed by atoms with van der Waals surface area (Å²) in [6, 6.07) is 3.79. The van der Waals surface area contributed by atoms with Gasteiger partial charge in [-0.05, 0) is 19.9 Å². The maximum Gasteiger partial charge on any atom is 0.256 e. The summed E-state index contributed by atoms with van der Waals surface area (Å²) in [5.74, 6) is 0. The van der Waals surface area contributed by atoms with E-state index in [0.717, 1.165) is 0 Å². The summed E-state index contributed by atoms with van der Waals surface area (Å²) >= 11 is 0. The van der Waals surface area contributed by atoms with Crippen molar-refractivity contribution >= 4 is 10.0 Å². The van der Waals surface area contributed by atoms with E-state index in [9.17, 15) is 13.2 Å². The molecule has 1 aromatic rings. The highest BCUT2D eigenvalue weighted by molar-refractivity contribution is 7.89. The molecule has 14 heavy (non-hydrogen) atoms. The zero-order valence-electron chi connectivity index (χ0n) is 7.94. The normalized spacial score (nSPS) is 11.9. The van der Waals surface area contributed by atoms with Crippen LogP contribution in [0.4, 0.5) is 0 Å². The molecule has 2 N–H and O–H groups in total. The molecule has 0 saturated carbocycles. The van der Waals surface area contributed by atoms with Crippen LogP contribution in [0.2, 0.25) is 0 Å². The van der Waals surface area contributed by atoms with Crippen molar-refractivity contribution in [2.45, 2.75) is 24.9 Å². The molecule has 0 bridgehead atoms. The largest absolute Gasteiger partial charge is 0.312 e. The minimum atomic E-state index is -3.59. The molecule has 1 aromatic heterocycles. The molecule has 78 valence electrons. The van der Waals surface area contributed by atoms with Crippen LogP contribution in [0.3, 0.4) is 0 Å². The van der Waals surface area contributed by atoms with Crippen molar-refractivity contribution in [2.24, 2.45) is 0 Å². The fourth-order valence-corrected chi connectivity index (χ4v) is 2.20. The number of rotatable bonds is 3. The fraction of sp³-hybridized carbons (Fsp3) is 0.375. The van der Waals surface area contributed by atoms with E-state index < -0.39 is 15.6 Å². The van der Waals surface area contributed by atoms with Gasteiger partial charge in [0, 0.05) is 12.1 Å². The summed E-state index contributed by atoms with van der Waals surface area (Å²) < 4.78 is 25.4. The highest BCUT2D eigenvalue weighted by atomic mass is 32.2. The van der Waals surface area contributed by atoms with Crippen LogP contribution in [0.1, 0.15) is 13.8 Å². The molecule has 6 heteroatoms. The van der Waals surface area contributed by atoms with Crippen LogP contribution < -0.4 is 10.3 Å². The van der Waals surface area contributed by atoms with Crippen molar-refractivity contribution in [3.8, 4) is 0 Å². The Morgan fingerprint density at radius 1 is 1.36 bits per heavy atom. The Morgan fingerprint density at radius 3 is 2.50 bits per heavy atom. The van der Waals surface area contributed by atoms with Crippen molar-refractivity contribution in [2.75, 3.05) is 0 Å². The summed E-state index contributed by atoms with van der Waals surface area (Å²) in [5, 5.41) is -0.112. The highest BCUT2D eigenvalue weighted by Crippen LogP contribution is 2.01. The summed E-state index contributed by atoms with van der Waals surface area (Å²) in [5.41, 5.74) is -0.434. The predicted octanol–water partition coefficient (Wildman–Crippen LogP) is 0.0616.